The van der Waals surface area contributed by atoms with Gasteiger partial charge in [-0.05, 0) is 6.92 Å². The summed E-state index contributed by atoms with van der Waals surface area (Å²) in [6.07, 6.45) is 5.15. The third-order valence-corrected chi connectivity index (χ3v) is 2.86. The lowest BCUT2D eigenvalue weighted by Gasteiger charge is -2.04. The van der Waals surface area contributed by atoms with Crippen LogP contribution in [0.4, 0.5) is 0 Å². The molecule has 0 rings (SSSR count). The summed E-state index contributed by atoms with van der Waals surface area (Å²) in [5.41, 5.74) is 0. The largest absolute Gasteiger partial charge is 0.466 e. The van der Waals surface area contributed by atoms with E-state index in [1.807, 2.05) is 0 Å². The van der Waals surface area contributed by atoms with Crippen LogP contribution in [-0.2, 0) is 19.6 Å². The lowest BCUT2D eigenvalue weighted by atomic mass is 10.5. The molecule has 5 nitrogen and oxygen atoms in total. The topological polar surface area (TPSA) is 72.5 Å². The molecule has 1 N–H and O–H groups in total. The number of hydrogen-bond donors (Lipinski definition) is 1. The second kappa shape index (κ2) is 7.26. The van der Waals surface area contributed by atoms with Crippen molar-refractivity contribution in [1.82, 2.24) is 4.72 Å². The molecule has 0 aromatic heterocycles. The Bertz CT molecular complexity index is 329. The summed E-state index contributed by atoms with van der Waals surface area (Å²) in [4.78, 5) is 10.9. The van der Waals surface area contributed by atoms with Gasteiger partial charge in [-0.2, -0.15) is 0 Å². The molecule has 0 atom stereocenters. The number of hydrogen-bond acceptors (Lipinski definition) is 4. The molecule has 0 amide bonds. The predicted molar refractivity (Wildman–Crippen MR) is 56.5 cm³/mol. The second-order valence-corrected chi connectivity index (χ2v) is 4.65. The predicted octanol–water partition coefficient (Wildman–Crippen LogP) is -0.118. The molecular formula is C9H15NO4S. The first kappa shape index (κ1) is 13.9. The van der Waals surface area contributed by atoms with Gasteiger partial charge in [-0.25, -0.2) is 13.1 Å². The summed E-state index contributed by atoms with van der Waals surface area (Å²) in [5.74, 6) is 1.53. The molecule has 15 heavy (non-hydrogen) atoms. The first-order valence-corrected chi connectivity index (χ1v) is 6.23. The fourth-order valence-electron chi connectivity index (χ4n) is 0.802. The SMILES string of the molecule is C#CCCNS(=O)(=O)CCC(=O)OCC. The highest BCUT2D eigenvalue weighted by atomic mass is 32.2. The van der Waals surface area contributed by atoms with Crippen molar-refractivity contribution in [3.8, 4) is 12.3 Å². The summed E-state index contributed by atoms with van der Waals surface area (Å²) >= 11 is 0. The standard InChI is InChI=1S/C9H15NO4S/c1-3-5-7-10-15(12,13)8-6-9(11)14-4-2/h1,10H,4-8H2,2H3. The number of esters is 1. The zero-order valence-corrected chi connectivity index (χ0v) is 9.47. The number of carbonyl (C=O) groups is 1. The number of sulfonamides is 1. The van der Waals surface area contributed by atoms with Crippen LogP contribution in [0.15, 0.2) is 0 Å². The Hall–Kier alpha value is -1.06. The Labute approximate surface area is 90.2 Å². The van der Waals surface area contributed by atoms with E-state index in [1.54, 1.807) is 6.92 Å². The Morgan fingerprint density at radius 2 is 2.20 bits per heavy atom. The molecule has 0 unspecified atom stereocenters. The van der Waals surface area contributed by atoms with E-state index in [1.165, 1.54) is 0 Å². The van der Waals surface area contributed by atoms with Crippen molar-refractivity contribution in [3.05, 3.63) is 0 Å². The van der Waals surface area contributed by atoms with Crippen LogP contribution in [0.1, 0.15) is 19.8 Å². The van der Waals surface area contributed by atoms with Gasteiger partial charge in [-0.15, -0.1) is 12.3 Å². The van der Waals surface area contributed by atoms with Gasteiger partial charge in [0, 0.05) is 13.0 Å². The molecule has 0 saturated carbocycles. The van der Waals surface area contributed by atoms with E-state index in [4.69, 9.17) is 6.42 Å². The van der Waals surface area contributed by atoms with Crippen molar-refractivity contribution >= 4 is 16.0 Å². The monoisotopic (exact) mass is 233 g/mol. The molecule has 0 aliphatic rings. The molecule has 0 radical (unpaired) electrons. The Kier molecular flexibility index (Phi) is 6.75. The molecule has 6 heteroatoms. The van der Waals surface area contributed by atoms with Crippen LogP contribution in [0, 0.1) is 12.3 Å². The lowest BCUT2D eigenvalue weighted by molar-refractivity contribution is -0.142. The van der Waals surface area contributed by atoms with Gasteiger partial charge in [0.05, 0.1) is 18.8 Å². The average molecular weight is 233 g/mol. The van der Waals surface area contributed by atoms with Gasteiger partial charge < -0.3 is 4.74 Å². The summed E-state index contributed by atoms with van der Waals surface area (Å²) in [6, 6.07) is 0. The molecule has 0 heterocycles. The van der Waals surface area contributed by atoms with Crippen LogP contribution >= 0.6 is 0 Å². The maximum atomic E-state index is 11.2. The second-order valence-electron chi connectivity index (χ2n) is 2.72. The third-order valence-electron chi connectivity index (χ3n) is 1.47. The summed E-state index contributed by atoms with van der Waals surface area (Å²) in [7, 11) is -3.41. The fourth-order valence-corrected chi connectivity index (χ4v) is 1.79. The van der Waals surface area contributed by atoms with E-state index < -0.39 is 16.0 Å². The van der Waals surface area contributed by atoms with E-state index in [-0.39, 0.29) is 25.3 Å². The van der Waals surface area contributed by atoms with Crippen molar-refractivity contribution in [1.29, 1.82) is 0 Å². The van der Waals surface area contributed by atoms with Crippen molar-refractivity contribution in [2.75, 3.05) is 18.9 Å². The molecule has 86 valence electrons. The smallest absolute Gasteiger partial charge is 0.306 e. The first-order valence-electron chi connectivity index (χ1n) is 4.58. The highest BCUT2D eigenvalue weighted by Gasteiger charge is 2.12. The van der Waals surface area contributed by atoms with Crippen LogP contribution in [0.25, 0.3) is 0 Å². The Morgan fingerprint density at radius 3 is 2.73 bits per heavy atom. The van der Waals surface area contributed by atoms with E-state index in [2.05, 4.69) is 15.4 Å². The van der Waals surface area contributed by atoms with Crippen LogP contribution < -0.4 is 4.72 Å². The van der Waals surface area contributed by atoms with Gasteiger partial charge >= 0.3 is 5.97 Å². The van der Waals surface area contributed by atoms with E-state index in [0.29, 0.717) is 6.42 Å². The molecule has 0 spiro atoms. The third kappa shape index (κ3) is 7.97. The number of rotatable bonds is 7. The molecule has 0 aromatic rings. The minimum atomic E-state index is -3.41. The number of nitrogens with one attached hydrogen (secondary N) is 1. The molecule has 0 bridgehead atoms. The van der Waals surface area contributed by atoms with Crippen molar-refractivity contribution in [2.24, 2.45) is 0 Å². The van der Waals surface area contributed by atoms with Gasteiger partial charge in [0.15, 0.2) is 0 Å². The molecule has 0 aromatic carbocycles. The molecule has 0 aliphatic carbocycles. The van der Waals surface area contributed by atoms with E-state index in [0.717, 1.165) is 0 Å². The zero-order valence-electron chi connectivity index (χ0n) is 8.65. The Balaban J connectivity index is 3.85. The van der Waals surface area contributed by atoms with Gasteiger partial charge in [0.25, 0.3) is 0 Å². The number of ether oxygens (including phenoxy) is 1. The average Bonchev–Trinajstić information content (AvgIpc) is 2.16. The Morgan fingerprint density at radius 1 is 1.53 bits per heavy atom. The maximum absolute atomic E-state index is 11.2. The fraction of sp³-hybridized carbons (Fsp3) is 0.667. The minimum absolute atomic E-state index is 0.140. The number of carbonyl (C=O) groups excluding carboxylic acids is 1. The first-order chi connectivity index (χ1) is 7.02. The van der Waals surface area contributed by atoms with E-state index >= 15 is 0 Å². The van der Waals surface area contributed by atoms with Crippen LogP contribution in [-0.4, -0.2) is 33.3 Å². The van der Waals surface area contributed by atoms with Gasteiger partial charge in [0.1, 0.15) is 0 Å². The maximum Gasteiger partial charge on any atom is 0.306 e. The van der Waals surface area contributed by atoms with Crippen LogP contribution in [0.3, 0.4) is 0 Å². The summed E-state index contributed by atoms with van der Waals surface area (Å²) in [5, 5.41) is 0. The normalized spacial score (nSPS) is 10.7. The van der Waals surface area contributed by atoms with Crippen molar-refractivity contribution in [3.63, 3.8) is 0 Å². The summed E-state index contributed by atoms with van der Waals surface area (Å²) in [6.45, 7) is 2.11. The minimum Gasteiger partial charge on any atom is -0.466 e. The van der Waals surface area contributed by atoms with Crippen molar-refractivity contribution < 1.29 is 17.9 Å². The zero-order chi connectivity index (χ0) is 11.7. The van der Waals surface area contributed by atoms with Gasteiger partial charge in [0.2, 0.25) is 10.0 Å². The highest BCUT2D eigenvalue weighted by molar-refractivity contribution is 7.89. The molecular weight excluding hydrogens is 218 g/mol. The molecule has 0 saturated heterocycles. The molecule has 0 fully saturated rings. The molecule has 0 aliphatic heterocycles. The lowest BCUT2D eigenvalue weighted by Crippen LogP contribution is -2.28. The van der Waals surface area contributed by atoms with Crippen molar-refractivity contribution in [2.45, 2.75) is 19.8 Å². The number of terminal acetylenes is 1. The van der Waals surface area contributed by atoms with Crippen LogP contribution in [0.5, 0.6) is 0 Å². The quantitative estimate of drug-likeness (QED) is 0.378. The van der Waals surface area contributed by atoms with Gasteiger partial charge in [-0.3, -0.25) is 4.79 Å². The highest BCUT2D eigenvalue weighted by Crippen LogP contribution is 1.93. The van der Waals surface area contributed by atoms with Crippen LogP contribution in [0.2, 0.25) is 0 Å². The summed E-state index contributed by atoms with van der Waals surface area (Å²) < 4.78 is 29.3. The van der Waals surface area contributed by atoms with E-state index in [9.17, 15) is 13.2 Å². The van der Waals surface area contributed by atoms with Gasteiger partial charge in [-0.1, -0.05) is 0 Å².